The first-order chi connectivity index (χ1) is 15.4. The van der Waals surface area contributed by atoms with E-state index in [-0.39, 0.29) is 23.8 Å². The predicted octanol–water partition coefficient (Wildman–Crippen LogP) is 4.06. The number of benzene rings is 2. The molecule has 2 amide bonds. The number of nitrogens with zero attached hydrogens (tertiary/aromatic N) is 1. The Labute approximate surface area is 195 Å². The minimum atomic E-state index is -0.636. The number of ether oxygens (including phenoxy) is 1. The number of carbonyl (C=O) groups excluding carboxylic acids is 2. The Bertz CT molecular complexity index is 911. The van der Waals surface area contributed by atoms with Crippen molar-refractivity contribution in [2.24, 2.45) is 5.92 Å². The summed E-state index contributed by atoms with van der Waals surface area (Å²) in [5.41, 5.74) is 1.58. The summed E-state index contributed by atoms with van der Waals surface area (Å²) in [5, 5.41) is 6.52. The van der Waals surface area contributed by atoms with Crippen LogP contribution in [-0.2, 0) is 4.79 Å². The van der Waals surface area contributed by atoms with Crippen LogP contribution in [-0.4, -0.2) is 49.5 Å². The minimum Gasteiger partial charge on any atom is -0.497 e. The van der Waals surface area contributed by atoms with E-state index in [0.29, 0.717) is 17.1 Å². The van der Waals surface area contributed by atoms with E-state index in [1.165, 1.54) is 0 Å². The molecule has 172 valence electrons. The molecule has 2 atom stereocenters. The van der Waals surface area contributed by atoms with Gasteiger partial charge in [0.25, 0.3) is 5.91 Å². The molecule has 1 saturated heterocycles. The molecule has 1 aliphatic heterocycles. The maximum absolute atomic E-state index is 13.1. The number of amides is 2. The molecule has 0 bridgehead atoms. The van der Waals surface area contributed by atoms with Gasteiger partial charge in [-0.3, -0.25) is 14.5 Å². The van der Waals surface area contributed by atoms with Crippen molar-refractivity contribution in [3.63, 3.8) is 0 Å². The quantitative estimate of drug-likeness (QED) is 0.595. The lowest BCUT2D eigenvalue weighted by Crippen LogP contribution is -2.51. The molecule has 0 aliphatic carbocycles. The number of rotatable bonds is 9. The lowest BCUT2D eigenvalue weighted by atomic mass is 10.0. The highest BCUT2D eigenvalue weighted by Gasteiger charge is 2.28. The average molecular weight is 458 g/mol. The molecule has 1 aliphatic rings. The van der Waals surface area contributed by atoms with Gasteiger partial charge in [0.1, 0.15) is 11.8 Å². The molecule has 0 aromatic heterocycles. The maximum Gasteiger partial charge on any atom is 0.251 e. The third kappa shape index (κ3) is 6.24. The van der Waals surface area contributed by atoms with Gasteiger partial charge in [0.05, 0.1) is 13.2 Å². The third-order valence-corrected chi connectivity index (χ3v) is 6.12. The Hall–Kier alpha value is -2.57. The molecule has 0 saturated carbocycles. The zero-order valence-corrected chi connectivity index (χ0v) is 19.7. The second-order valence-electron chi connectivity index (χ2n) is 8.48. The lowest BCUT2D eigenvalue weighted by Gasteiger charge is -2.30. The van der Waals surface area contributed by atoms with Crippen LogP contribution in [0, 0.1) is 5.92 Å². The van der Waals surface area contributed by atoms with Crippen LogP contribution in [0.1, 0.15) is 48.7 Å². The largest absolute Gasteiger partial charge is 0.497 e. The smallest absolute Gasteiger partial charge is 0.251 e. The average Bonchev–Trinajstić information content (AvgIpc) is 3.32. The van der Waals surface area contributed by atoms with E-state index in [1.807, 2.05) is 32.0 Å². The fourth-order valence-corrected chi connectivity index (χ4v) is 4.15. The summed E-state index contributed by atoms with van der Waals surface area (Å²) in [6, 6.07) is 14.0. The molecule has 0 spiro atoms. The van der Waals surface area contributed by atoms with Crippen molar-refractivity contribution in [1.82, 2.24) is 15.5 Å². The van der Waals surface area contributed by atoms with Crippen molar-refractivity contribution in [2.75, 3.05) is 26.7 Å². The van der Waals surface area contributed by atoms with Gasteiger partial charge in [0.15, 0.2) is 0 Å². The molecule has 1 heterocycles. The molecule has 1 fully saturated rings. The summed E-state index contributed by atoms with van der Waals surface area (Å²) in [6.45, 7) is 6.31. The molecule has 3 rings (SSSR count). The van der Waals surface area contributed by atoms with Crippen LogP contribution in [0.3, 0.4) is 0 Å². The third-order valence-electron chi connectivity index (χ3n) is 5.87. The molecule has 7 heteroatoms. The van der Waals surface area contributed by atoms with Crippen LogP contribution < -0.4 is 15.4 Å². The SMILES string of the molecule is COc1cccc(C(CNC(=O)C(NC(=O)c2ccc(Cl)cc2)C(C)C)N2CCCC2)c1. The molecule has 6 nitrogen and oxygen atoms in total. The van der Waals surface area contributed by atoms with Crippen LogP contribution in [0.15, 0.2) is 48.5 Å². The Morgan fingerprint density at radius 2 is 1.78 bits per heavy atom. The Balaban J connectivity index is 1.69. The fourth-order valence-electron chi connectivity index (χ4n) is 4.03. The van der Waals surface area contributed by atoms with Gasteiger partial charge in [-0.15, -0.1) is 0 Å². The molecule has 2 aromatic rings. The van der Waals surface area contributed by atoms with Gasteiger partial charge in [-0.05, 0) is 73.8 Å². The van der Waals surface area contributed by atoms with Crippen LogP contribution in [0.5, 0.6) is 5.75 Å². The van der Waals surface area contributed by atoms with E-state index in [9.17, 15) is 9.59 Å². The Morgan fingerprint density at radius 3 is 2.41 bits per heavy atom. The van der Waals surface area contributed by atoms with Crippen molar-refractivity contribution in [1.29, 1.82) is 0 Å². The van der Waals surface area contributed by atoms with Gasteiger partial charge >= 0.3 is 0 Å². The van der Waals surface area contributed by atoms with E-state index in [4.69, 9.17) is 16.3 Å². The summed E-state index contributed by atoms with van der Waals surface area (Å²) < 4.78 is 5.39. The first-order valence-electron chi connectivity index (χ1n) is 11.1. The molecule has 32 heavy (non-hydrogen) atoms. The molecule has 2 N–H and O–H groups in total. The van der Waals surface area contributed by atoms with E-state index in [1.54, 1.807) is 31.4 Å². The Morgan fingerprint density at radius 1 is 1.09 bits per heavy atom. The van der Waals surface area contributed by atoms with Gasteiger partial charge in [-0.25, -0.2) is 0 Å². The van der Waals surface area contributed by atoms with E-state index in [2.05, 4.69) is 21.6 Å². The van der Waals surface area contributed by atoms with Crippen molar-refractivity contribution < 1.29 is 14.3 Å². The number of methoxy groups -OCH3 is 1. The summed E-state index contributed by atoms with van der Waals surface area (Å²) in [7, 11) is 1.66. The predicted molar refractivity (Wildman–Crippen MR) is 127 cm³/mol. The van der Waals surface area contributed by atoms with Crippen LogP contribution in [0.4, 0.5) is 0 Å². The molecule has 2 unspecified atom stereocenters. The molecular formula is C25H32ClN3O3. The first-order valence-corrected chi connectivity index (χ1v) is 11.5. The van der Waals surface area contributed by atoms with Crippen LogP contribution in [0.25, 0.3) is 0 Å². The first kappa shape index (κ1) is 24.1. The van der Waals surface area contributed by atoms with Gasteiger partial charge in [-0.1, -0.05) is 37.6 Å². The lowest BCUT2D eigenvalue weighted by molar-refractivity contribution is -0.124. The number of halogens is 1. The van der Waals surface area contributed by atoms with Gasteiger partial charge in [0.2, 0.25) is 5.91 Å². The maximum atomic E-state index is 13.1. The summed E-state index contributed by atoms with van der Waals surface area (Å²) in [5.74, 6) is 0.260. The summed E-state index contributed by atoms with van der Waals surface area (Å²) in [6.07, 6.45) is 2.31. The molecule has 2 aromatic carbocycles. The number of likely N-dealkylation sites (tertiary alicyclic amines) is 1. The number of hydrogen-bond donors (Lipinski definition) is 2. The summed E-state index contributed by atoms with van der Waals surface area (Å²) >= 11 is 5.91. The highest BCUT2D eigenvalue weighted by molar-refractivity contribution is 6.30. The topological polar surface area (TPSA) is 70.7 Å². The van der Waals surface area contributed by atoms with Gasteiger partial charge in [-0.2, -0.15) is 0 Å². The summed E-state index contributed by atoms with van der Waals surface area (Å²) in [4.78, 5) is 28.1. The minimum absolute atomic E-state index is 0.0522. The second kappa shape index (κ2) is 11.3. The monoisotopic (exact) mass is 457 g/mol. The molecule has 0 radical (unpaired) electrons. The second-order valence-corrected chi connectivity index (χ2v) is 8.92. The van der Waals surface area contributed by atoms with Crippen LogP contribution in [0.2, 0.25) is 5.02 Å². The zero-order valence-electron chi connectivity index (χ0n) is 18.9. The number of hydrogen-bond acceptors (Lipinski definition) is 4. The standard InChI is InChI=1S/C25H32ClN3O3/c1-17(2)23(28-24(30)18-9-11-20(26)12-10-18)25(31)27-16-22(29-13-4-5-14-29)19-7-6-8-21(15-19)32-3/h6-12,15,17,22-23H,4-5,13-14,16H2,1-3H3,(H,27,31)(H,28,30). The molecular weight excluding hydrogens is 426 g/mol. The Kier molecular flexibility index (Phi) is 8.53. The van der Waals surface area contributed by atoms with E-state index < -0.39 is 6.04 Å². The van der Waals surface area contributed by atoms with Crippen molar-refractivity contribution in [3.8, 4) is 5.75 Å². The van der Waals surface area contributed by atoms with Crippen molar-refractivity contribution in [2.45, 2.75) is 38.8 Å². The number of nitrogens with one attached hydrogen (secondary N) is 2. The van der Waals surface area contributed by atoms with Crippen molar-refractivity contribution in [3.05, 3.63) is 64.7 Å². The zero-order chi connectivity index (χ0) is 23.1. The van der Waals surface area contributed by atoms with Gasteiger partial charge in [0, 0.05) is 17.1 Å². The van der Waals surface area contributed by atoms with E-state index in [0.717, 1.165) is 37.2 Å². The highest BCUT2D eigenvalue weighted by Crippen LogP contribution is 2.27. The van der Waals surface area contributed by atoms with Gasteiger partial charge < -0.3 is 15.4 Å². The normalized spacial score (nSPS) is 15.9. The fraction of sp³-hybridized carbons (Fsp3) is 0.440. The number of carbonyl (C=O) groups is 2. The van der Waals surface area contributed by atoms with E-state index >= 15 is 0 Å². The van der Waals surface area contributed by atoms with Crippen molar-refractivity contribution >= 4 is 23.4 Å². The highest BCUT2D eigenvalue weighted by atomic mass is 35.5. The van der Waals surface area contributed by atoms with Crippen LogP contribution >= 0.6 is 11.6 Å².